The van der Waals surface area contributed by atoms with Crippen molar-refractivity contribution in [2.75, 3.05) is 5.32 Å². The second-order valence-electron chi connectivity index (χ2n) is 4.54. The Morgan fingerprint density at radius 2 is 1.86 bits per heavy atom. The van der Waals surface area contributed by atoms with E-state index in [4.69, 9.17) is 5.26 Å². The zero-order valence-electron chi connectivity index (χ0n) is 11.4. The Balaban J connectivity index is 2.23. The molecule has 0 amide bonds. The first kappa shape index (κ1) is 15.5. The van der Waals surface area contributed by atoms with E-state index in [0.29, 0.717) is 0 Å². The molecule has 0 heterocycles. The highest BCUT2D eigenvalue weighted by Crippen LogP contribution is 2.23. The highest BCUT2D eigenvalue weighted by atomic mass is 79.9. The van der Waals surface area contributed by atoms with Crippen LogP contribution in [-0.4, -0.2) is 0 Å². The number of nitrogens with zero attached hydrogens (tertiary/aromatic N) is 1. The molecule has 108 valence electrons. The molecular weight excluding hydrogens is 338 g/mol. The molecule has 0 aliphatic rings. The van der Waals surface area contributed by atoms with Gasteiger partial charge in [0.05, 0.1) is 11.6 Å². The Bertz CT molecular complexity index is 685. The lowest BCUT2D eigenvalue weighted by Crippen LogP contribution is -2.07. The van der Waals surface area contributed by atoms with Crippen molar-refractivity contribution >= 4 is 21.6 Å². The van der Waals surface area contributed by atoms with Crippen LogP contribution in [0.25, 0.3) is 0 Å². The molecule has 1 N–H and O–H groups in total. The number of aryl methyl sites for hydroxylation is 1. The van der Waals surface area contributed by atoms with Crippen LogP contribution < -0.4 is 5.32 Å². The van der Waals surface area contributed by atoms with Crippen LogP contribution in [0.1, 0.15) is 23.6 Å². The molecule has 0 aromatic heterocycles. The van der Waals surface area contributed by atoms with E-state index in [-0.39, 0.29) is 17.7 Å². The maximum atomic E-state index is 13.8. The van der Waals surface area contributed by atoms with Crippen molar-refractivity contribution in [1.29, 1.82) is 5.26 Å². The normalized spacial score (nSPS) is 10.2. The van der Waals surface area contributed by atoms with Crippen LogP contribution in [0.2, 0.25) is 0 Å². The van der Waals surface area contributed by atoms with E-state index in [1.165, 1.54) is 0 Å². The number of anilines is 1. The molecule has 0 aliphatic carbocycles. The summed E-state index contributed by atoms with van der Waals surface area (Å²) in [6.07, 6.45) is 0.806. The Morgan fingerprint density at radius 1 is 1.19 bits per heavy atom. The van der Waals surface area contributed by atoms with E-state index < -0.39 is 11.6 Å². The number of nitrogens with one attached hydrogen (secondary N) is 1. The summed E-state index contributed by atoms with van der Waals surface area (Å²) in [4.78, 5) is 0. The molecule has 0 saturated heterocycles. The van der Waals surface area contributed by atoms with Crippen LogP contribution in [0, 0.1) is 23.0 Å². The van der Waals surface area contributed by atoms with Crippen LogP contribution in [0.5, 0.6) is 0 Å². The molecule has 0 fully saturated rings. The van der Waals surface area contributed by atoms with Gasteiger partial charge in [-0.15, -0.1) is 0 Å². The average molecular weight is 351 g/mol. The van der Waals surface area contributed by atoms with Crippen LogP contribution in [0.15, 0.2) is 34.8 Å². The highest BCUT2D eigenvalue weighted by Gasteiger charge is 2.12. The minimum atomic E-state index is -0.714. The number of halogens is 3. The van der Waals surface area contributed by atoms with Crippen molar-refractivity contribution in [3.8, 4) is 6.07 Å². The lowest BCUT2D eigenvalue weighted by molar-refractivity contribution is 0.559. The summed E-state index contributed by atoms with van der Waals surface area (Å²) in [5.41, 5.74) is 1.80. The molecule has 21 heavy (non-hydrogen) atoms. The second-order valence-corrected chi connectivity index (χ2v) is 5.45. The van der Waals surface area contributed by atoms with Crippen LogP contribution in [0.3, 0.4) is 0 Å². The van der Waals surface area contributed by atoms with Gasteiger partial charge in [0.2, 0.25) is 0 Å². The van der Waals surface area contributed by atoms with E-state index in [0.717, 1.165) is 34.3 Å². The fourth-order valence-electron chi connectivity index (χ4n) is 2.05. The summed E-state index contributed by atoms with van der Waals surface area (Å²) in [5.74, 6) is -1.43. The molecule has 0 bridgehead atoms. The summed E-state index contributed by atoms with van der Waals surface area (Å²) in [6.45, 7) is 2.04. The SMILES string of the molecule is CCc1cc(Br)ccc1NCc1c(F)cc(C#N)cc1F. The van der Waals surface area contributed by atoms with Gasteiger partial charge >= 0.3 is 0 Å². The number of hydrogen-bond donors (Lipinski definition) is 1. The molecule has 0 atom stereocenters. The summed E-state index contributed by atoms with van der Waals surface area (Å²) >= 11 is 3.39. The topological polar surface area (TPSA) is 35.8 Å². The van der Waals surface area contributed by atoms with Crippen molar-refractivity contribution in [3.63, 3.8) is 0 Å². The van der Waals surface area contributed by atoms with Gasteiger partial charge in [-0.2, -0.15) is 5.26 Å². The largest absolute Gasteiger partial charge is 0.381 e. The maximum absolute atomic E-state index is 13.8. The lowest BCUT2D eigenvalue weighted by atomic mass is 10.1. The fourth-order valence-corrected chi connectivity index (χ4v) is 2.46. The third-order valence-electron chi connectivity index (χ3n) is 3.17. The summed E-state index contributed by atoms with van der Waals surface area (Å²) in [7, 11) is 0. The van der Waals surface area contributed by atoms with E-state index in [1.807, 2.05) is 25.1 Å². The van der Waals surface area contributed by atoms with Gasteiger partial charge in [-0.25, -0.2) is 8.78 Å². The average Bonchev–Trinajstić information content (AvgIpc) is 2.47. The van der Waals surface area contributed by atoms with Gasteiger partial charge in [0.15, 0.2) is 0 Å². The smallest absolute Gasteiger partial charge is 0.132 e. The number of benzene rings is 2. The molecule has 2 nitrogen and oxygen atoms in total. The monoisotopic (exact) mass is 350 g/mol. The van der Waals surface area contributed by atoms with Gasteiger partial charge in [-0.1, -0.05) is 22.9 Å². The first-order valence-corrected chi connectivity index (χ1v) is 7.24. The number of rotatable bonds is 4. The first-order valence-electron chi connectivity index (χ1n) is 6.45. The van der Waals surface area contributed by atoms with E-state index in [1.54, 1.807) is 6.07 Å². The second kappa shape index (κ2) is 6.68. The number of hydrogen-bond acceptors (Lipinski definition) is 2. The van der Waals surface area contributed by atoms with E-state index in [2.05, 4.69) is 21.2 Å². The fraction of sp³-hybridized carbons (Fsp3) is 0.188. The molecule has 2 rings (SSSR count). The van der Waals surface area contributed by atoms with Gasteiger partial charge in [-0.05, 0) is 42.3 Å². The summed E-state index contributed by atoms with van der Waals surface area (Å²) in [6, 6.07) is 9.51. The van der Waals surface area contributed by atoms with Gasteiger partial charge in [0.1, 0.15) is 11.6 Å². The molecule has 0 spiro atoms. The third kappa shape index (κ3) is 3.59. The summed E-state index contributed by atoms with van der Waals surface area (Å²) < 4.78 is 28.6. The van der Waals surface area contributed by atoms with Crippen LogP contribution in [0.4, 0.5) is 14.5 Å². The maximum Gasteiger partial charge on any atom is 0.132 e. The third-order valence-corrected chi connectivity index (χ3v) is 3.67. The van der Waals surface area contributed by atoms with E-state index >= 15 is 0 Å². The zero-order valence-corrected chi connectivity index (χ0v) is 13.0. The molecule has 0 unspecified atom stereocenters. The lowest BCUT2D eigenvalue weighted by Gasteiger charge is -2.12. The Labute approximate surface area is 130 Å². The van der Waals surface area contributed by atoms with Crippen LogP contribution in [-0.2, 0) is 13.0 Å². The van der Waals surface area contributed by atoms with Crippen molar-refractivity contribution in [3.05, 3.63) is 63.1 Å². The van der Waals surface area contributed by atoms with E-state index in [9.17, 15) is 8.78 Å². The molecular formula is C16H13BrF2N2. The Kier molecular flexibility index (Phi) is 4.92. The highest BCUT2D eigenvalue weighted by molar-refractivity contribution is 9.10. The molecule has 5 heteroatoms. The quantitative estimate of drug-likeness (QED) is 0.861. The molecule has 2 aromatic rings. The van der Waals surface area contributed by atoms with Crippen molar-refractivity contribution in [2.24, 2.45) is 0 Å². The van der Waals surface area contributed by atoms with Crippen molar-refractivity contribution in [1.82, 2.24) is 0 Å². The summed E-state index contributed by atoms with van der Waals surface area (Å²) in [5, 5.41) is 11.7. The van der Waals surface area contributed by atoms with Gasteiger partial charge < -0.3 is 5.32 Å². The predicted molar refractivity (Wildman–Crippen MR) is 81.9 cm³/mol. The van der Waals surface area contributed by atoms with Crippen molar-refractivity contribution in [2.45, 2.75) is 19.9 Å². The molecule has 0 aliphatic heterocycles. The number of nitriles is 1. The minimum Gasteiger partial charge on any atom is -0.381 e. The van der Waals surface area contributed by atoms with Gasteiger partial charge in [0, 0.05) is 22.3 Å². The zero-order chi connectivity index (χ0) is 15.4. The van der Waals surface area contributed by atoms with Crippen molar-refractivity contribution < 1.29 is 8.78 Å². The van der Waals surface area contributed by atoms with Gasteiger partial charge in [0.25, 0.3) is 0 Å². The Hall–Kier alpha value is -1.93. The Morgan fingerprint density at radius 3 is 2.43 bits per heavy atom. The minimum absolute atomic E-state index is 0.0216. The van der Waals surface area contributed by atoms with Gasteiger partial charge in [-0.3, -0.25) is 0 Å². The predicted octanol–water partition coefficient (Wildman–Crippen LogP) is 4.77. The molecule has 2 aromatic carbocycles. The first-order chi connectivity index (χ1) is 10.0. The van der Waals surface area contributed by atoms with Crippen LogP contribution >= 0.6 is 15.9 Å². The molecule has 0 saturated carbocycles. The molecule has 0 radical (unpaired) electrons. The standard InChI is InChI=1S/C16H13BrF2N2/c1-2-11-7-12(17)3-4-16(11)21-9-13-14(18)5-10(8-20)6-15(13)19/h3-7,21H,2,9H2,1H3.